The van der Waals surface area contributed by atoms with E-state index in [0.29, 0.717) is 19.3 Å². The maximum absolute atomic E-state index is 12.8. The first-order valence-electron chi connectivity index (χ1n) is 33.3. The number of hydrogen-bond acceptors (Lipinski definition) is 6. The summed E-state index contributed by atoms with van der Waals surface area (Å²) in [6, 6.07) is 0. The lowest BCUT2D eigenvalue weighted by atomic mass is 10.0. The maximum Gasteiger partial charge on any atom is 0.306 e. The fourth-order valence-corrected chi connectivity index (χ4v) is 10.1. The van der Waals surface area contributed by atoms with Crippen molar-refractivity contribution in [1.82, 2.24) is 0 Å². The van der Waals surface area contributed by atoms with Gasteiger partial charge in [0.15, 0.2) is 6.10 Å². The second-order valence-corrected chi connectivity index (χ2v) is 22.7. The third-order valence-corrected chi connectivity index (χ3v) is 15.2. The molecule has 0 amide bonds. The molecule has 0 aromatic rings. The molecular formula is C68H128O6. The van der Waals surface area contributed by atoms with Crippen LogP contribution in [0.5, 0.6) is 0 Å². The average molecular weight is 1040 g/mol. The van der Waals surface area contributed by atoms with Crippen LogP contribution in [0.4, 0.5) is 0 Å². The number of ether oxygens (including phenoxy) is 3. The van der Waals surface area contributed by atoms with Crippen LogP contribution in [0.1, 0.15) is 374 Å². The summed E-state index contributed by atoms with van der Waals surface area (Å²) >= 11 is 0. The Labute approximate surface area is 462 Å². The second-order valence-electron chi connectivity index (χ2n) is 22.7. The number of carbonyl (C=O) groups excluding carboxylic acids is 3. The van der Waals surface area contributed by atoms with E-state index < -0.39 is 6.10 Å². The number of carbonyl (C=O) groups is 3. The van der Waals surface area contributed by atoms with Crippen LogP contribution in [-0.4, -0.2) is 37.2 Å². The fourth-order valence-electron chi connectivity index (χ4n) is 10.1. The van der Waals surface area contributed by atoms with Crippen molar-refractivity contribution in [2.45, 2.75) is 380 Å². The molecule has 0 bridgehead atoms. The Hall–Kier alpha value is -2.11. The summed E-state index contributed by atoms with van der Waals surface area (Å²) in [4.78, 5) is 38.0. The van der Waals surface area contributed by atoms with Gasteiger partial charge in [0, 0.05) is 19.3 Å². The average Bonchev–Trinajstić information content (AvgIpc) is 3.40. The molecule has 0 fully saturated rings. The zero-order chi connectivity index (χ0) is 53.6. The summed E-state index contributed by atoms with van der Waals surface area (Å²) in [7, 11) is 0. The molecule has 0 saturated carbocycles. The van der Waals surface area contributed by atoms with Crippen LogP contribution in [0, 0.1) is 0 Å². The van der Waals surface area contributed by atoms with E-state index in [1.54, 1.807) is 0 Å². The van der Waals surface area contributed by atoms with E-state index >= 15 is 0 Å². The van der Waals surface area contributed by atoms with E-state index in [4.69, 9.17) is 14.2 Å². The summed E-state index contributed by atoms with van der Waals surface area (Å²) in [6.45, 7) is 6.63. The van der Waals surface area contributed by atoms with Crippen molar-refractivity contribution in [2.75, 3.05) is 13.2 Å². The molecule has 436 valence electrons. The molecule has 6 heteroatoms. The topological polar surface area (TPSA) is 78.9 Å². The molecule has 0 aromatic heterocycles. The molecule has 0 aromatic carbocycles. The summed E-state index contributed by atoms with van der Waals surface area (Å²) in [6.07, 6.45) is 76.8. The van der Waals surface area contributed by atoms with Crippen LogP contribution < -0.4 is 0 Å². The minimum atomic E-state index is -0.769. The van der Waals surface area contributed by atoms with E-state index in [0.717, 1.165) is 64.2 Å². The van der Waals surface area contributed by atoms with Gasteiger partial charge in [-0.05, 0) is 70.6 Å². The summed E-state index contributed by atoms with van der Waals surface area (Å²) in [5.74, 6) is -0.864. The lowest BCUT2D eigenvalue weighted by molar-refractivity contribution is -0.167. The van der Waals surface area contributed by atoms with Crippen LogP contribution >= 0.6 is 0 Å². The lowest BCUT2D eigenvalue weighted by Gasteiger charge is -2.18. The molecule has 0 aliphatic heterocycles. The fraction of sp³-hybridized carbons (Fsp3) is 0.897. The van der Waals surface area contributed by atoms with Gasteiger partial charge < -0.3 is 14.2 Å². The van der Waals surface area contributed by atoms with Gasteiger partial charge in [0.2, 0.25) is 0 Å². The normalized spacial score (nSPS) is 12.1. The maximum atomic E-state index is 12.8. The molecule has 0 saturated heterocycles. The molecular weight excluding hydrogens is 913 g/mol. The molecule has 0 N–H and O–H groups in total. The van der Waals surface area contributed by atoms with Gasteiger partial charge >= 0.3 is 17.9 Å². The largest absolute Gasteiger partial charge is 0.462 e. The zero-order valence-electron chi connectivity index (χ0n) is 50.1. The van der Waals surface area contributed by atoms with Crippen molar-refractivity contribution in [1.29, 1.82) is 0 Å². The van der Waals surface area contributed by atoms with Gasteiger partial charge in [0.25, 0.3) is 0 Å². The molecule has 1 unspecified atom stereocenters. The molecule has 6 nitrogen and oxygen atoms in total. The monoisotopic (exact) mass is 1040 g/mol. The van der Waals surface area contributed by atoms with Crippen LogP contribution in [0.15, 0.2) is 24.3 Å². The second kappa shape index (κ2) is 63.4. The summed E-state index contributed by atoms with van der Waals surface area (Å²) in [5.41, 5.74) is 0. The van der Waals surface area contributed by atoms with Crippen LogP contribution in [0.25, 0.3) is 0 Å². The van der Waals surface area contributed by atoms with Crippen molar-refractivity contribution < 1.29 is 28.6 Å². The predicted octanol–water partition coefficient (Wildman–Crippen LogP) is 22.6. The molecule has 0 aliphatic rings. The van der Waals surface area contributed by atoms with E-state index in [-0.39, 0.29) is 31.1 Å². The predicted molar refractivity (Wildman–Crippen MR) is 321 cm³/mol. The third-order valence-electron chi connectivity index (χ3n) is 15.2. The third kappa shape index (κ3) is 60.8. The molecule has 74 heavy (non-hydrogen) atoms. The Balaban J connectivity index is 3.89. The number of esters is 3. The molecule has 0 rings (SSSR count). The highest BCUT2D eigenvalue weighted by molar-refractivity contribution is 5.71. The SMILES string of the molecule is CCCCCCC/C=C\CCCCCCCC(=O)OC(COC(=O)CCCCCCCCC)COC(=O)CCCCCCCCCCCCCCCCCCCCCCCCC/C=C\CCCCCCCCCC. The highest BCUT2D eigenvalue weighted by Gasteiger charge is 2.19. The van der Waals surface area contributed by atoms with Crippen LogP contribution in [0.2, 0.25) is 0 Å². The standard InChI is InChI=1S/C68H128O6/c1-4-7-10-13-16-18-20-22-24-25-26-27-28-29-30-31-32-33-34-35-36-37-38-39-40-41-42-43-44-46-47-49-52-55-58-61-67(70)73-64-65(63-72-66(69)60-57-54-51-15-12-9-6-3)74-68(71)62-59-56-53-50-48-45-23-21-19-17-14-11-8-5-2/h21,23,25-26,65H,4-20,22,24,27-64H2,1-3H3/b23-21-,26-25-. The van der Waals surface area contributed by atoms with Crippen molar-refractivity contribution >= 4 is 17.9 Å². The lowest BCUT2D eigenvalue weighted by Crippen LogP contribution is -2.30. The van der Waals surface area contributed by atoms with E-state index in [1.165, 1.54) is 270 Å². The van der Waals surface area contributed by atoms with Crippen molar-refractivity contribution in [3.63, 3.8) is 0 Å². The summed E-state index contributed by atoms with van der Waals surface area (Å²) in [5, 5.41) is 0. The number of unbranched alkanes of at least 4 members (excludes halogenated alkanes) is 47. The van der Waals surface area contributed by atoms with Gasteiger partial charge in [0.05, 0.1) is 0 Å². The van der Waals surface area contributed by atoms with Crippen molar-refractivity contribution in [3.8, 4) is 0 Å². The number of rotatable bonds is 62. The Morgan fingerprint density at radius 3 is 0.676 bits per heavy atom. The molecule has 0 aliphatic carbocycles. The zero-order valence-corrected chi connectivity index (χ0v) is 50.1. The van der Waals surface area contributed by atoms with Gasteiger partial charge in [-0.1, -0.05) is 308 Å². The van der Waals surface area contributed by atoms with Gasteiger partial charge in [-0.3, -0.25) is 14.4 Å². The van der Waals surface area contributed by atoms with Gasteiger partial charge in [-0.15, -0.1) is 0 Å². The van der Waals surface area contributed by atoms with Crippen molar-refractivity contribution in [3.05, 3.63) is 24.3 Å². The highest BCUT2D eigenvalue weighted by atomic mass is 16.6. The smallest absolute Gasteiger partial charge is 0.306 e. The quantitative estimate of drug-likeness (QED) is 0.0261. The van der Waals surface area contributed by atoms with E-state index in [1.807, 2.05) is 0 Å². The van der Waals surface area contributed by atoms with Crippen molar-refractivity contribution in [2.24, 2.45) is 0 Å². The number of allylic oxidation sites excluding steroid dienone is 4. The first-order chi connectivity index (χ1) is 36.5. The van der Waals surface area contributed by atoms with Crippen LogP contribution in [0.3, 0.4) is 0 Å². The van der Waals surface area contributed by atoms with Gasteiger partial charge in [-0.25, -0.2) is 0 Å². The Bertz CT molecular complexity index is 1190. The minimum Gasteiger partial charge on any atom is -0.462 e. The highest BCUT2D eigenvalue weighted by Crippen LogP contribution is 2.18. The van der Waals surface area contributed by atoms with E-state index in [2.05, 4.69) is 45.1 Å². The van der Waals surface area contributed by atoms with Gasteiger partial charge in [-0.2, -0.15) is 0 Å². The Kier molecular flexibility index (Phi) is 61.6. The van der Waals surface area contributed by atoms with E-state index in [9.17, 15) is 14.4 Å². The number of hydrogen-bond donors (Lipinski definition) is 0. The Morgan fingerprint density at radius 2 is 0.446 bits per heavy atom. The van der Waals surface area contributed by atoms with Crippen LogP contribution in [-0.2, 0) is 28.6 Å². The minimum absolute atomic E-state index is 0.0694. The Morgan fingerprint density at radius 1 is 0.257 bits per heavy atom. The first kappa shape index (κ1) is 71.9. The summed E-state index contributed by atoms with van der Waals surface area (Å²) < 4.78 is 16.8. The molecule has 1 atom stereocenters. The van der Waals surface area contributed by atoms with Gasteiger partial charge in [0.1, 0.15) is 13.2 Å². The molecule has 0 radical (unpaired) electrons. The first-order valence-corrected chi connectivity index (χ1v) is 33.3. The molecule has 0 spiro atoms. The molecule has 0 heterocycles.